The highest BCUT2D eigenvalue weighted by Gasteiger charge is 2.44. The molecule has 3 aromatic carbocycles. The second-order valence-corrected chi connectivity index (χ2v) is 8.67. The molecule has 2 N–H and O–H groups in total. The van der Waals surface area contributed by atoms with Gasteiger partial charge in [-0.15, -0.1) is 0 Å². The van der Waals surface area contributed by atoms with Crippen LogP contribution in [0.1, 0.15) is 15.9 Å². The first-order valence-corrected chi connectivity index (χ1v) is 11.3. The van der Waals surface area contributed by atoms with Crippen molar-refractivity contribution < 1.29 is 19.5 Å². The van der Waals surface area contributed by atoms with Crippen LogP contribution < -0.4 is 5.32 Å². The van der Waals surface area contributed by atoms with Gasteiger partial charge in [0.05, 0.1) is 6.54 Å². The highest BCUT2D eigenvalue weighted by molar-refractivity contribution is 5.99. The van der Waals surface area contributed by atoms with E-state index in [9.17, 15) is 19.5 Å². The number of nitrogens with zero attached hydrogens (tertiary/aromatic N) is 2. The molecular weight excluding hydrogens is 430 g/mol. The molecule has 2 fully saturated rings. The van der Waals surface area contributed by atoms with Crippen molar-refractivity contribution in [3.63, 3.8) is 0 Å². The Kier molecular flexibility index (Phi) is 5.76. The summed E-state index contributed by atoms with van der Waals surface area (Å²) in [4.78, 5) is 42.3. The molecule has 0 bridgehead atoms. The van der Waals surface area contributed by atoms with Crippen molar-refractivity contribution in [3.8, 4) is 16.9 Å². The molecule has 34 heavy (non-hydrogen) atoms. The Labute approximate surface area is 197 Å². The molecule has 0 aliphatic carbocycles. The van der Waals surface area contributed by atoms with Crippen LogP contribution in [0, 0.1) is 0 Å². The van der Waals surface area contributed by atoms with Crippen LogP contribution >= 0.6 is 0 Å². The summed E-state index contributed by atoms with van der Waals surface area (Å²) < 4.78 is 0. The van der Waals surface area contributed by atoms with Crippen LogP contribution in [0.3, 0.4) is 0 Å². The van der Waals surface area contributed by atoms with E-state index in [2.05, 4.69) is 5.32 Å². The average Bonchev–Trinajstić information content (AvgIpc) is 2.88. The van der Waals surface area contributed by atoms with Crippen LogP contribution in [0.5, 0.6) is 5.75 Å². The maximum absolute atomic E-state index is 13.1. The summed E-state index contributed by atoms with van der Waals surface area (Å²) in [6, 6.07) is 22.6. The Hall–Kier alpha value is -4.13. The molecule has 0 aromatic heterocycles. The van der Waals surface area contributed by atoms with Gasteiger partial charge in [-0.05, 0) is 41.0 Å². The van der Waals surface area contributed by atoms with Gasteiger partial charge >= 0.3 is 0 Å². The van der Waals surface area contributed by atoms with Crippen LogP contribution in [-0.2, 0) is 16.0 Å². The standard InChI is InChI=1S/C27H25N3O4/c31-22-12-6-18(7-13-22)16-23-27(34)30-15-14-29(17-24(30)25(32)28-23)26(33)21-10-8-20(9-11-21)19-4-2-1-3-5-19/h1-13,23-24,31H,14-17H2,(H,28,32)/t23-,24+/m0/s1. The summed E-state index contributed by atoms with van der Waals surface area (Å²) in [6.07, 6.45) is 0.352. The van der Waals surface area contributed by atoms with E-state index < -0.39 is 12.1 Å². The number of phenolic OH excluding ortho intramolecular Hbond substituents is 1. The van der Waals surface area contributed by atoms with Gasteiger partial charge < -0.3 is 20.2 Å². The lowest BCUT2D eigenvalue weighted by Crippen LogP contribution is -2.70. The minimum Gasteiger partial charge on any atom is -0.508 e. The minimum atomic E-state index is -0.690. The number of rotatable bonds is 4. The summed E-state index contributed by atoms with van der Waals surface area (Å²) in [7, 11) is 0. The number of carbonyl (C=O) groups is 3. The van der Waals surface area contributed by atoms with E-state index in [4.69, 9.17) is 0 Å². The van der Waals surface area contributed by atoms with Crippen LogP contribution in [0.2, 0.25) is 0 Å². The number of amides is 3. The molecule has 3 amide bonds. The van der Waals surface area contributed by atoms with Crippen LogP contribution in [0.15, 0.2) is 78.9 Å². The van der Waals surface area contributed by atoms with E-state index in [1.165, 1.54) is 0 Å². The first-order chi connectivity index (χ1) is 16.5. The van der Waals surface area contributed by atoms with Crippen molar-refractivity contribution in [2.24, 2.45) is 0 Å². The Morgan fingerprint density at radius 1 is 0.882 bits per heavy atom. The fourth-order valence-electron chi connectivity index (χ4n) is 4.61. The van der Waals surface area contributed by atoms with E-state index in [1.54, 1.807) is 46.2 Å². The van der Waals surface area contributed by atoms with E-state index in [0.717, 1.165) is 16.7 Å². The van der Waals surface area contributed by atoms with Crippen molar-refractivity contribution in [2.75, 3.05) is 19.6 Å². The van der Waals surface area contributed by atoms with Crippen molar-refractivity contribution in [1.29, 1.82) is 0 Å². The van der Waals surface area contributed by atoms with Gasteiger partial charge in [-0.2, -0.15) is 0 Å². The number of fused-ring (bicyclic) bond motifs is 1. The Bertz CT molecular complexity index is 1210. The molecule has 0 spiro atoms. The van der Waals surface area contributed by atoms with Gasteiger partial charge in [-0.25, -0.2) is 0 Å². The molecule has 2 aliphatic rings. The molecule has 2 heterocycles. The highest BCUT2D eigenvalue weighted by atomic mass is 16.3. The van der Waals surface area contributed by atoms with Crippen LogP contribution in [0.25, 0.3) is 11.1 Å². The van der Waals surface area contributed by atoms with Gasteiger partial charge in [0.1, 0.15) is 17.8 Å². The number of piperazine rings is 2. The van der Waals surface area contributed by atoms with Crippen molar-refractivity contribution >= 4 is 17.7 Å². The van der Waals surface area contributed by atoms with Gasteiger partial charge in [-0.1, -0.05) is 54.6 Å². The maximum Gasteiger partial charge on any atom is 0.253 e. The zero-order chi connectivity index (χ0) is 23.7. The number of aromatic hydroxyl groups is 1. The van der Waals surface area contributed by atoms with E-state index in [0.29, 0.717) is 25.1 Å². The molecule has 0 saturated carbocycles. The number of phenols is 1. The fourth-order valence-corrected chi connectivity index (χ4v) is 4.61. The normalized spacial score (nSPS) is 20.0. The Balaban J connectivity index is 1.25. The molecular formula is C27H25N3O4. The topological polar surface area (TPSA) is 89.9 Å². The summed E-state index contributed by atoms with van der Waals surface area (Å²) in [5, 5.41) is 12.3. The van der Waals surface area contributed by atoms with Gasteiger partial charge in [0.25, 0.3) is 5.91 Å². The van der Waals surface area contributed by atoms with Crippen LogP contribution in [-0.4, -0.2) is 64.3 Å². The number of hydrogen-bond acceptors (Lipinski definition) is 4. The monoisotopic (exact) mass is 455 g/mol. The SMILES string of the molecule is O=C1N[C@@H](Cc2ccc(O)cc2)C(=O)N2CCN(C(=O)c3ccc(-c4ccccc4)cc3)C[C@H]12. The molecule has 7 heteroatoms. The van der Waals surface area contributed by atoms with E-state index in [1.807, 2.05) is 42.5 Å². The first-order valence-electron chi connectivity index (χ1n) is 11.3. The second-order valence-electron chi connectivity index (χ2n) is 8.67. The quantitative estimate of drug-likeness (QED) is 0.633. The minimum absolute atomic E-state index is 0.142. The highest BCUT2D eigenvalue weighted by Crippen LogP contribution is 2.23. The number of carbonyl (C=O) groups excluding carboxylic acids is 3. The third kappa shape index (κ3) is 4.24. The second kappa shape index (κ2) is 9.02. The van der Waals surface area contributed by atoms with E-state index in [-0.39, 0.29) is 30.0 Å². The average molecular weight is 456 g/mol. The molecule has 3 aromatic rings. The smallest absolute Gasteiger partial charge is 0.253 e. The number of benzene rings is 3. The zero-order valence-corrected chi connectivity index (χ0v) is 18.6. The first kappa shape index (κ1) is 21.7. The summed E-state index contributed by atoms with van der Waals surface area (Å²) in [5.74, 6) is -0.388. The molecule has 172 valence electrons. The van der Waals surface area contributed by atoms with Gasteiger partial charge in [0.2, 0.25) is 11.8 Å². The Morgan fingerprint density at radius 2 is 1.56 bits per heavy atom. The van der Waals surface area contributed by atoms with Gasteiger partial charge in [0, 0.05) is 25.1 Å². The van der Waals surface area contributed by atoms with Gasteiger partial charge in [0.15, 0.2) is 0 Å². The third-order valence-corrected chi connectivity index (χ3v) is 6.48. The molecule has 2 aliphatic heterocycles. The summed E-state index contributed by atoms with van der Waals surface area (Å²) in [5.41, 5.74) is 3.51. The summed E-state index contributed by atoms with van der Waals surface area (Å²) >= 11 is 0. The van der Waals surface area contributed by atoms with Gasteiger partial charge in [-0.3, -0.25) is 14.4 Å². The molecule has 7 nitrogen and oxygen atoms in total. The zero-order valence-electron chi connectivity index (χ0n) is 18.6. The lowest BCUT2D eigenvalue weighted by molar-refractivity contribution is -0.152. The van der Waals surface area contributed by atoms with Crippen molar-refractivity contribution in [1.82, 2.24) is 15.1 Å². The lowest BCUT2D eigenvalue weighted by Gasteiger charge is -2.45. The number of nitrogens with one attached hydrogen (secondary N) is 1. The van der Waals surface area contributed by atoms with Crippen molar-refractivity contribution in [2.45, 2.75) is 18.5 Å². The van der Waals surface area contributed by atoms with Crippen molar-refractivity contribution in [3.05, 3.63) is 90.0 Å². The molecule has 2 saturated heterocycles. The lowest BCUT2D eigenvalue weighted by atomic mass is 9.98. The van der Waals surface area contributed by atoms with E-state index >= 15 is 0 Å². The summed E-state index contributed by atoms with van der Waals surface area (Å²) in [6.45, 7) is 0.861. The Morgan fingerprint density at radius 3 is 2.26 bits per heavy atom. The number of hydrogen-bond donors (Lipinski definition) is 2. The predicted molar refractivity (Wildman–Crippen MR) is 127 cm³/mol. The molecule has 2 atom stereocenters. The largest absolute Gasteiger partial charge is 0.508 e. The third-order valence-electron chi connectivity index (χ3n) is 6.48. The molecule has 5 rings (SSSR count). The fraction of sp³-hybridized carbons (Fsp3) is 0.222. The molecule has 0 radical (unpaired) electrons. The molecule has 0 unspecified atom stereocenters. The van der Waals surface area contributed by atoms with Crippen LogP contribution in [0.4, 0.5) is 0 Å². The maximum atomic E-state index is 13.1. The predicted octanol–water partition coefficient (Wildman–Crippen LogP) is 2.45.